The zero-order valence-electron chi connectivity index (χ0n) is 12.2. The van der Waals surface area contributed by atoms with Crippen LogP contribution in [0.4, 0.5) is 11.5 Å². The largest absolute Gasteiger partial charge is 0.476 e. The lowest BCUT2D eigenvalue weighted by atomic mass is 10.2. The Morgan fingerprint density at radius 1 is 1.30 bits per heavy atom. The maximum absolute atomic E-state index is 5.89. The highest BCUT2D eigenvalue weighted by atomic mass is 16.5. The maximum atomic E-state index is 5.89. The quantitative estimate of drug-likeness (QED) is 0.908. The van der Waals surface area contributed by atoms with Crippen molar-refractivity contribution < 1.29 is 4.74 Å². The van der Waals surface area contributed by atoms with Crippen LogP contribution in [0.3, 0.4) is 0 Å². The van der Waals surface area contributed by atoms with E-state index in [1.54, 1.807) is 0 Å². The van der Waals surface area contributed by atoms with Gasteiger partial charge in [-0.15, -0.1) is 0 Å². The van der Waals surface area contributed by atoms with Crippen LogP contribution in [-0.2, 0) is 0 Å². The molecule has 2 aliphatic rings. The minimum Gasteiger partial charge on any atom is -0.476 e. The Morgan fingerprint density at radius 3 is 2.85 bits per heavy atom. The number of nitrogens with zero attached hydrogens (tertiary/aromatic N) is 3. The fourth-order valence-corrected chi connectivity index (χ4v) is 3.22. The predicted molar refractivity (Wildman–Crippen MR) is 81.2 cm³/mol. The Kier molecular flexibility index (Phi) is 3.96. The Bertz CT molecular complexity index is 459. The van der Waals surface area contributed by atoms with Crippen molar-refractivity contribution in [3.8, 4) is 5.88 Å². The van der Waals surface area contributed by atoms with Gasteiger partial charge in [0.15, 0.2) is 0 Å². The van der Waals surface area contributed by atoms with Crippen molar-refractivity contribution >= 4 is 11.5 Å². The molecule has 20 heavy (non-hydrogen) atoms. The van der Waals surface area contributed by atoms with E-state index in [9.17, 15) is 0 Å². The Labute approximate surface area is 120 Å². The number of anilines is 2. The van der Waals surface area contributed by atoms with Gasteiger partial charge in [-0.3, -0.25) is 4.90 Å². The lowest BCUT2D eigenvalue weighted by Gasteiger charge is -2.24. The number of pyridine rings is 1. The van der Waals surface area contributed by atoms with Crippen molar-refractivity contribution in [1.29, 1.82) is 0 Å². The summed E-state index contributed by atoms with van der Waals surface area (Å²) < 4.78 is 5.49. The fraction of sp³-hybridized carbons (Fsp3) is 0.667. The zero-order valence-corrected chi connectivity index (χ0v) is 12.2. The molecule has 110 valence electrons. The SMILES string of the molecule is CCOc1nc(N2CCC(N3CCCC3)C2)ccc1N. The van der Waals surface area contributed by atoms with Gasteiger partial charge in [0.2, 0.25) is 5.88 Å². The van der Waals surface area contributed by atoms with Crippen molar-refractivity contribution in [2.75, 3.05) is 43.4 Å². The summed E-state index contributed by atoms with van der Waals surface area (Å²) in [5.41, 5.74) is 6.50. The van der Waals surface area contributed by atoms with E-state index in [-0.39, 0.29) is 0 Å². The molecule has 1 atom stereocenters. The topological polar surface area (TPSA) is 54.6 Å². The molecular weight excluding hydrogens is 252 g/mol. The van der Waals surface area contributed by atoms with Gasteiger partial charge in [-0.25, -0.2) is 0 Å². The predicted octanol–water partition coefficient (Wildman–Crippen LogP) is 1.74. The second kappa shape index (κ2) is 5.87. The van der Waals surface area contributed by atoms with Crippen LogP contribution in [0.25, 0.3) is 0 Å². The number of likely N-dealkylation sites (tertiary alicyclic amines) is 1. The molecule has 3 rings (SSSR count). The van der Waals surface area contributed by atoms with Gasteiger partial charge >= 0.3 is 0 Å². The molecule has 1 aromatic rings. The highest BCUT2D eigenvalue weighted by Gasteiger charge is 2.30. The van der Waals surface area contributed by atoms with E-state index in [0.29, 0.717) is 24.2 Å². The highest BCUT2D eigenvalue weighted by molar-refractivity contribution is 5.55. The molecule has 0 spiro atoms. The number of aromatic nitrogens is 1. The molecule has 0 aromatic carbocycles. The van der Waals surface area contributed by atoms with E-state index >= 15 is 0 Å². The van der Waals surface area contributed by atoms with Gasteiger partial charge in [0.25, 0.3) is 0 Å². The summed E-state index contributed by atoms with van der Waals surface area (Å²) in [4.78, 5) is 9.54. The summed E-state index contributed by atoms with van der Waals surface area (Å²) in [6, 6.07) is 4.59. The molecule has 5 heteroatoms. The van der Waals surface area contributed by atoms with E-state index in [1.807, 2.05) is 19.1 Å². The van der Waals surface area contributed by atoms with Crippen molar-refractivity contribution in [2.24, 2.45) is 0 Å². The summed E-state index contributed by atoms with van der Waals surface area (Å²) in [5.74, 6) is 1.55. The van der Waals surface area contributed by atoms with Crippen LogP contribution in [0.15, 0.2) is 12.1 Å². The van der Waals surface area contributed by atoms with Crippen LogP contribution in [0.5, 0.6) is 5.88 Å². The van der Waals surface area contributed by atoms with Crippen molar-refractivity contribution in [1.82, 2.24) is 9.88 Å². The van der Waals surface area contributed by atoms with Crippen molar-refractivity contribution in [2.45, 2.75) is 32.2 Å². The number of ether oxygens (including phenoxy) is 1. The van der Waals surface area contributed by atoms with Gasteiger partial charge in [0, 0.05) is 19.1 Å². The van der Waals surface area contributed by atoms with Gasteiger partial charge in [0.1, 0.15) is 5.82 Å². The molecule has 2 N–H and O–H groups in total. The Morgan fingerprint density at radius 2 is 2.10 bits per heavy atom. The van der Waals surface area contributed by atoms with Crippen molar-refractivity contribution in [3.05, 3.63) is 12.1 Å². The summed E-state index contributed by atoms with van der Waals surface area (Å²) in [6.07, 6.45) is 3.94. The standard InChI is InChI=1S/C15H24N4O/c1-2-20-15-13(16)5-6-14(17-15)19-10-7-12(11-19)18-8-3-4-9-18/h5-6,12H,2-4,7-11,16H2,1H3. The van der Waals surface area contributed by atoms with Gasteiger partial charge in [-0.1, -0.05) is 0 Å². The third-order valence-corrected chi connectivity index (χ3v) is 4.30. The van der Waals surface area contributed by atoms with Crippen LogP contribution < -0.4 is 15.4 Å². The average molecular weight is 276 g/mol. The number of nitrogen functional groups attached to an aromatic ring is 1. The van der Waals surface area contributed by atoms with Crippen LogP contribution in [-0.4, -0.2) is 48.7 Å². The van der Waals surface area contributed by atoms with Crippen LogP contribution in [0, 0.1) is 0 Å². The minimum atomic E-state index is 0.564. The van der Waals surface area contributed by atoms with E-state index in [0.717, 1.165) is 18.9 Å². The third-order valence-electron chi connectivity index (χ3n) is 4.30. The molecule has 0 bridgehead atoms. The molecular formula is C15H24N4O. The minimum absolute atomic E-state index is 0.564. The summed E-state index contributed by atoms with van der Waals surface area (Å²) in [7, 11) is 0. The molecule has 2 saturated heterocycles. The smallest absolute Gasteiger partial charge is 0.239 e. The normalized spacial score (nSPS) is 23.4. The van der Waals surface area contributed by atoms with E-state index in [2.05, 4.69) is 14.8 Å². The first-order chi connectivity index (χ1) is 9.78. The van der Waals surface area contributed by atoms with Crippen LogP contribution in [0.1, 0.15) is 26.2 Å². The lowest BCUT2D eigenvalue weighted by Crippen LogP contribution is -2.35. The average Bonchev–Trinajstić information content (AvgIpc) is 3.11. The highest BCUT2D eigenvalue weighted by Crippen LogP contribution is 2.27. The van der Waals surface area contributed by atoms with Crippen LogP contribution in [0.2, 0.25) is 0 Å². The first kappa shape index (κ1) is 13.5. The Hall–Kier alpha value is -1.49. The molecule has 0 aliphatic carbocycles. The van der Waals surface area contributed by atoms with Crippen LogP contribution >= 0.6 is 0 Å². The van der Waals surface area contributed by atoms with E-state index in [1.165, 1.54) is 32.4 Å². The molecule has 2 fully saturated rings. The molecule has 3 heterocycles. The Balaban J connectivity index is 1.69. The number of rotatable bonds is 4. The van der Waals surface area contributed by atoms with Gasteiger partial charge < -0.3 is 15.4 Å². The number of hydrogen-bond donors (Lipinski definition) is 1. The first-order valence-corrected chi connectivity index (χ1v) is 7.66. The molecule has 1 unspecified atom stereocenters. The summed E-state index contributed by atoms with van der Waals surface area (Å²) in [5, 5.41) is 0. The second-order valence-corrected chi connectivity index (χ2v) is 5.63. The molecule has 0 saturated carbocycles. The van der Waals surface area contributed by atoms with E-state index < -0.39 is 0 Å². The summed E-state index contributed by atoms with van der Waals surface area (Å²) in [6.45, 7) is 7.21. The molecule has 5 nitrogen and oxygen atoms in total. The molecule has 0 amide bonds. The monoisotopic (exact) mass is 276 g/mol. The fourth-order valence-electron chi connectivity index (χ4n) is 3.22. The van der Waals surface area contributed by atoms with Gasteiger partial charge in [-0.05, 0) is 51.4 Å². The lowest BCUT2D eigenvalue weighted by molar-refractivity contribution is 0.260. The molecule has 2 aliphatic heterocycles. The van der Waals surface area contributed by atoms with E-state index in [4.69, 9.17) is 10.5 Å². The van der Waals surface area contributed by atoms with Gasteiger partial charge in [-0.2, -0.15) is 4.98 Å². The summed E-state index contributed by atoms with van der Waals surface area (Å²) >= 11 is 0. The van der Waals surface area contributed by atoms with Gasteiger partial charge in [0.05, 0.1) is 12.3 Å². The first-order valence-electron chi connectivity index (χ1n) is 7.66. The second-order valence-electron chi connectivity index (χ2n) is 5.63. The maximum Gasteiger partial charge on any atom is 0.239 e. The molecule has 0 radical (unpaired) electrons. The molecule has 1 aromatic heterocycles. The number of hydrogen-bond acceptors (Lipinski definition) is 5. The van der Waals surface area contributed by atoms with Crippen molar-refractivity contribution in [3.63, 3.8) is 0 Å². The third kappa shape index (κ3) is 2.68. The zero-order chi connectivity index (χ0) is 13.9. The number of nitrogens with two attached hydrogens (primary N) is 1.